The van der Waals surface area contributed by atoms with Crippen molar-refractivity contribution in [2.24, 2.45) is 0 Å². The molecular weight excluding hydrogens is 472 g/mol. The zero-order valence-electron chi connectivity index (χ0n) is 18.5. The molecule has 5 atom stereocenters. The van der Waals surface area contributed by atoms with Crippen molar-refractivity contribution in [3.63, 3.8) is 0 Å². The number of rotatable bonds is 9. The molecule has 1 unspecified atom stereocenters. The van der Waals surface area contributed by atoms with E-state index in [1.165, 1.54) is 18.2 Å². The second kappa shape index (κ2) is 10.7. The molecule has 1 aromatic rings. The van der Waals surface area contributed by atoms with Crippen molar-refractivity contribution >= 4 is 30.0 Å². The molecule has 0 saturated heterocycles. The molecule has 35 heavy (non-hydrogen) atoms. The van der Waals surface area contributed by atoms with E-state index < -0.39 is 84.8 Å². The highest BCUT2D eigenvalue weighted by Crippen LogP contribution is 2.34. The first-order chi connectivity index (χ1) is 16.1. The number of aliphatic hydroxyl groups excluding tert-OH is 1. The third kappa shape index (κ3) is 7.67. The number of carboxylic acid groups (broad SMARTS) is 2. The zero-order chi connectivity index (χ0) is 26.6. The molecule has 0 aliphatic heterocycles. The Morgan fingerprint density at radius 1 is 1.09 bits per heavy atom. The number of ether oxygens (including phenoxy) is 2. The molecule has 13 heteroatoms. The molecule has 1 aliphatic rings. The number of benzene rings is 1. The van der Waals surface area contributed by atoms with Crippen LogP contribution in [0.2, 0.25) is 0 Å². The molecular formula is C22H26O13. The van der Waals surface area contributed by atoms with Crippen molar-refractivity contribution in [1.82, 2.24) is 0 Å². The lowest BCUT2D eigenvalue weighted by Gasteiger charge is -2.41. The summed E-state index contributed by atoms with van der Waals surface area (Å²) in [5.74, 6) is -6.17. The van der Waals surface area contributed by atoms with Gasteiger partial charge >= 0.3 is 23.9 Å². The standard InChI is InChI=1S/C22H26O13/c1-21(32,9-16(26)27)10-18(29)34-15-8-22(33,20(30)31)7-14(25)19(15)35-17(28)5-3-11-2-4-12(23)13(24)6-11/h2-6,14-15,19,23-25,32-33H,7-10H2,1H3,(H,26,27)(H,30,31)/b5-3+/t14-,15-,19+,21?,22-/m1/s1. The molecule has 7 N–H and O–H groups in total. The molecule has 0 aromatic heterocycles. The Balaban J connectivity index is 2.18. The normalized spacial score (nSPS) is 26.0. The second-order valence-electron chi connectivity index (χ2n) is 8.57. The van der Waals surface area contributed by atoms with E-state index in [1.54, 1.807) is 0 Å². The van der Waals surface area contributed by atoms with Crippen molar-refractivity contribution < 1.29 is 64.4 Å². The highest BCUT2D eigenvalue weighted by Gasteiger charge is 2.52. The molecule has 0 radical (unpaired) electrons. The van der Waals surface area contributed by atoms with Crippen LogP contribution in [0, 0.1) is 0 Å². The second-order valence-corrected chi connectivity index (χ2v) is 8.57. The van der Waals surface area contributed by atoms with Gasteiger partial charge in [0, 0.05) is 18.9 Å². The van der Waals surface area contributed by atoms with Crippen molar-refractivity contribution in [3.05, 3.63) is 29.8 Å². The van der Waals surface area contributed by atoms with E-state index in [1.807, 2.05) is 0 Å². The smallest absolute Gasteiger partial charge is 0.335 e. The Hall–Kier alpha value is -3.68. The molecule has 13 nitrogen and oxygen atoms in total. The number of carbonyl (C=O) groups excluding carboxylic acids is 2. The summed E-state index contributed by atoms with van der Waals surface area (Å²) in [4.78, 5) is 46.9. The Bertz CT molecular complexity index is 1010. The minimum atomic E-state index is -2.52. The zero-order valence-corrected chi connectivity index (χ0v) is 18.5. The van der Waals surface area contributed by atoms with Gasteiger partial charge in [0.1, 0.15) is 6.10 Å². The number of aliphatic hydroxyl groups is 3. The quantitative estimate of drug-likeness (QED) is 0.130. The van der Waals surface area contributed by atoms with Gasteiger partial charge in [0.15, 0.2) is 23.2 Å². The van der Waals surface area contributed by atoms with Gasteiger partial charge in [-0.05, 0) is 30.7 Å². The van der Waals surface area contributed by atoms with Crippen LogP contribution < -0.4 is 0 Å². The lowest BCUT2D eigenvalue weighted by atomic mass is 9.79. The Morgan fingerprint density at radius 3 is 2.31 bits per heavy atom. The summed E-state index contributed by atoms with van der Waals surface area (Å²) < 4.78 is 10.2. The molecule has 1 aliphatic carbocycles. The predicted molar refractivity (Wildman–Crippen MR) is 114 cm³/mol. The maximum atomic E-state index is 12.3. The molecule has 0 amide bonds. The van der Waals surface area contributed by atoms with Gasteiger partial charge in [-0.1, -0.05) is 6.07 Å². The molecule has 0 spiro atoms. The van der Waals surface area contributed by atoms with Crippen LogP contribution in [0.4, 0.5) is 0 Å². The fourth-order valence-corrected chi connectivity index (χ4v) is 3.57. The molecule has 1 fully saturated rings. The van der Waals surface area contributed by atoms with Crippen molar-refractivity contribution in [2.45, 2.75) is 62.1 Å². The van der Waals surface area contributed by atoms with Gasteiger partial charge in [0.05, 0.1) is 24.5 Å². The average Bonchev–Trinajstić information content (AvgIpc) is 2.69. The summed E-state index contributed by atoms with van der Waals surface area (Å²) in [5.41, 5.74) is -4.23. The van der Waals surface area contributed by atoms with Crippen molar-refractivity contribution in [2.75, 3.05) is 0 Å². The first kappa shape index (κ1) is 27.6. The van der Waals surface area contributed by atoms with E-state index in [2.05, 4.69) is 0 Å². The van der Waals surface area contributed by atoms with Crippen LogP contribution >= 0.6 is 0 Å². The summed E-state index contributed by atoms with van der Waals surface area (Å²) in [5, 5.41) is 67.7. The van der Waals surface area contributed by atoms with E-state index in [0.717, 1.165) is 19.1 Å². The molecule has 0 heterocycles. The molecule has 1 aromatic carbocycles. The average molecular weight is 498 g/mol. The maximum absolute atomic E-state index is 12.3. The third-order valence-corrected chi connectivity index (χ3v) is 5.23. The van der Waals surface area contributed by atoms with Crippen molar-refractivity contribution in [1.29, 1.82) is 0 Å². The summed E-state index contributed by atoms with van der Waals surface area (Å²) >= 11 is 0. The van der Waals surface area contributed by atoms with Gasteiger partial charge in [-0.25, -0.2) is 9.59 Å². The van der Waals surface area contributed by atoms with Crippen molar-refractivity contribution in [3.8, 4) is 11.5 Å². The van der Waals surface area contributed by atoms with Crippen LogP contribution in [0.3, 0.4) is 0 Å². The molecule has 2 rings (SSSR count). The number of phenolic OH excluding ortho intramolecular Hbond substituents is 2. The number of carbonyl (C=O) groups is 4. The van der Waals surface area contributed by atoms with Gasteiger partial charge in [0.2, 0.25) is 0 Å². The van der Waals surface area contributed by atoms with Crippen LogP contribution in [-0.4, -0.2) is 89.1 Å². The minimum Gasteiger partial charge on any atom is -0.504 e. The van der Waals surface area contributed by atoms with Gasteiger partial charge in [0.25, 0.3) is 0 Å². The Labute approximate surface area is 198 Å². The number of hydrogen-bond acceptors (Lipinski definition) is 11. The lowest BCUT2D eigenvalue weighted by molar-refractivity contribution is -0.207. The van der Waals surface area contributed by atoms with Crippen LogP contribution in [-0.2, 0) is 28.7 Å². The fourth-order valence-electron chi connectivity index (χ4n) is 3.57. The SMILES string of the molecule is CC(O)(CC(=O)O)CC(=O)O[C@@H]1C[C@@](O)(C(=O)O)C[C@@H](O)[C@@H]1OC(=O)/C=C/c1ccc(O)c(O)c1. The van der Waals surface area contributed by atoms with E-state index in [9.17, 15) is 49.8 Å². The Kier molecular flexibility index (Phi) is 8.44. The summed E-state index contributed by atoms with van der Waals surface area (Å²) in [6.07, 6.45) is -6.05. The van der Waals surface area contributed by atoms with E-state index >= 15 is 0 Å². The fraction of sp³-hybridized carbons (Fsp3) is 0.455. The number of carboxylic acids is 2. The molecule has 0 bridgehead atoms. The van der Waals surface area contributed by atoms with Gasteiger partial charge in [-0.15, -0.1) is 0 Å². The van der Waals surface area contributed by atoms with Gasteiger partial charge in [-0.2, -0.15) is 0 Å². The summed E-state index contributed by atoms with van der Waals surface area (Å²) in [7, 11) is 0. The predicted octanol–water partition coefficient (Wildman–Crippen LogP) is -0.479. The Morgan fingerprint density at radius 2 is 1.74 bits per heavy atom. The van der Waals surface area contributed by atoms with Crippen LogP contribution in [0.15, 0.2) is 24.3 Å². The largest absolute Gasteiger partial charge is 0.504 e. The number of aliphatic carboxylic acids is 2. The monoisotopic (exact) mass is 498 g/mol. The number of esters is 2. The molecule has 1 saturated carbocycles. The van der Waals surface area contributed by atoms with Crippen LogP contribution in [0.1, 0.15) is 38.2 Å². The number of aromatic hydroxyl groups is 2. The van der Waals surface area contributed by atoms with E-state index in [0.29, 0.717) is 5.56 Å². The van der Waals surface area contributed by atoms with Crippen LogP contribution in [0.25, 0.3) is 6.08 Å². The van der Waals surface area contributed by atoms with Crippen LogP contribution in [0.5, 0.6) is 11.5 Å². The van der Waals surface area contributed by atoms with Gasteiger partial charge in [-0.3, -0.25) is 9.59 Å². The highest BCUT2D eigenvalue weighted by molar-refractivity contribution is 5.87. The third-order valence-electron chi connectivity index (χ3n) is 5.23. The summed E-state index contributed by atoms with van der Waals surface area (Å²) in [6.45, 7) is 1.06. The first-order valence-electron chi connectivity index (χ1n) is 10.3. The highest BCUT2D eigenvalue weighted by atomic mass is 16.6. The first-order valence-corrected chi connectivity index (χ1v) is 10.3. The van der Waals surface area contributed by atoms with Gasteiger partial charge < -0.3 is 45.2 Å². The summed E-state index contributed by atoms with van der Waals surface area (Å²) in [6, 6.07) is 3.69. The number of phenols is 2. The minimum absolute atomic E-state index is 0.297. The topological polar surface area (TPSA) is 228 Å². The maximum Gasteiger partial charge on any atom is 0.335 e. The van der Waals surface area contributed by atoms with E-state index in [-0.39, 0.29) is 5.75 Å². The lowest BCUT2D eigenvalue weighted by Crippen LogP contribution is -2.58. The van der Waals surface area contributed by atoms with E-state index in [4.69, 9.17) is 14.6 Å². The number of hydrogen-bond donors (Lipinski definition) is 7. The molecule has 192 valence electrons.